The predicted molar refractivity (Wildman–Crippen MR) is 151 cm³/mol. The molecule has 0 radical (unpaired) electrons. The van der Waals surface area contributed by atoms with Crippen molar-refractivity contribution in [2.45, 2.75) is 54.1 Å². The van der Waals surface area contributed by atoms with Crippen molar-refractivity contribution in [2.24, 2.45) is 11.8 Å². The summed E-state index contributed by atoms with van der Waals surface area (Å²) >= 11 is 6.24. The zero-order valence-corrected chi connectivity index (χ0v) is 23.5. The van der Waals surface area contributed by atoms with E-state index < -0.39 is 0 Å². The minimum atomic E-state index is -0.187. The van der Waals surface area contributed by atoms with Crippen LogP contribution >= 0.6 is 24.0 Å². The van der Waals surface area contributed by atoms with Crippen molar-refractivity contribution in [3.8, 4) is 5.75 Å². The highest BCUT2D eigenvalue weighted by Gasteiger charge is 2.14. The Hall–Kier alpha value is -2.54. The molecule has 1 unspecified atom stereocenters. The summed E-state index contributed by atoms with van der Waals surface area (Å²) in [6.45, 7) is 14.8. The van der Waals surface area contributed by atoms with Crippen LogP contribution in [0.15, 0.2) is 48.5 Å². The zero-order valence-electron chi connectivity index (χ0n) is 22.0. The molecule has 0 aliphatic rings. The molecule has 1 amide bonds. The molecule has 2 N–H and O–H groups in total. The van der Waals surface area contributed by atoms with E-state index in [1.807, 2.05) is 60.1 Å². The lowest BCUT2D eigenvalue weighted by Gasteiger charge is -2.16. The van der Waals surface area contributed by atoms with Crippen molar-refractivity contribution < 1.29 is 9.53 Å². The number of ether oxygens (including phenoxy) is 1. The molecule has 0 spiro atoms. The summed E-state index contributed by atoms with van der Waals surface area (Å²) in [7, 11) is 0. The number of amides is 1. The Kier molecular flexibility index (Phi) is 11.3. The van der Waals surface area contributed by atoms with Gasteiger partial charge in [0, 0.05) is 34.0 Å². The second-order valence-corrected chi connectivity index (χ2v) is 10.3. The number of carbonyl (C=O) groups is 1. The van der Waals surface area contributed by atoms with Crippen LogP contribution in [0.4, 0.5) is 5.82 Å². The van der Waals surface area contributed by atoms with Crippen LogP contribution in [-0.4, -0.2) is 28.8 Å². The second-order valence-electron chi connectivity index (χ2n) is 9.89. The topological polar surface area (TPSA) is 68.2 Å². The van der Waals surface area contributed by atoms with Gasteiger partial charge in [-0.2, -0.15) is 5.10 Å². The lowest BCUT2D eigenvalue weighted by Crippen LogP contribution is -2.23. The molecular formula is C28H38Cl2N4O2. The number of rotatable bonds is 11. The van der Waals surface area contributed by atoms with Crippen LogP contribution in [-0.2, 0) is 6.54 Å². The van der Waals surface area contributed by atoms with E-state index in [4.69, 9.17) is 16.3 Å². The molecule has 3 rings (SSSR count). The van der Waals surface area contributed by atoms with Crippen LogP contribution in [0.5, 0.6) is 5.75 Å². The van der Waals surface area contributed by atoms with Crippen LogP contribution < -0.4 is 15.4 Å². The van der Waals surface area contributed by atoms with Crippen molar-refractivity contribution in [3.05, 3.63) is 75.9 Å². The first-order valence-electron chi connectivity index (χ1n) is 12.2. The molecule has 0 saturated carbocycles. The number of anilines is 1. The summed E-state index contributed by atoms with van der Waals surface area (Å²) in [6.07, 6.45) is 0. The molecule has 1 atom stereocenters. The minimum absolute atomic E-state index is 0. The Balaban J connectivity index is 0.00000456. The number of carbonyl (C=O) groups excluding carboxylic acids is 1. The highest BCUT2D eigenvalue weighted by atomic mass is 35.5. The number of aryl methyl sites for hydroxylation is 1. The highest BCUT2D eigenvalue weighted by Crippen LogP contribution is 2.25. The van der Waals surface area contributed by atoms with E-state index in [-0.39, 0.29) is 24.4 Å². The largest absolute Gasteiger partial charge is 0.493 e. The molecule has 0 saturated heterocycles. The number of nitrogens with one attached hydrogen (secondary N) is 2. The summed E-state index contributed by atoms with van der Waals surface area (Å²) in [6, 6.07) is 15.4. The van der Waals surface area contributed by atoms with Gasteiger partial charge < -0.3 is 15.4 Å². The van der Waals surface area contributed by atoms with Gasteiger partial charge in [-0.25, -0.2) is 0 Å². The van der Waals surface area contributed by atoms with Crippen LogP contribution in [0, 0.1) is 18.8 Å². The van der Waals surface area contributed by atoms with Gasteiger partial charge in [0.1, 0.15) is 5.75 Å². The van der Waals surface area contributed by atoms with Crippen molar-refractivity contribution in [3.63, 3.8) is 0 Å². The van der Waals surface area contributed by atoms with Crippen LogP contribution in [0.1, 0.15) is 67.8 Å². The third kappa shape index (κ3) is 8.54. The van der Waals surface area contributed by atoms with Crippen molar-refractivity contribution >= 4 is 35.7 Å². The van der Waals surface area contributed by atoms with Crippen molar-refractivity contribution in [2.75, 3.05) is 18.5 Å². The molecule has 8 heteroatoms. The Bertz CT molecular complexity index is 1130. The standard InChI is InChI=1S/C28H37ClN4O2.ClH/c1-18(2)15-30-21(6)22-7-9-23(10-8-22)28(34)31-27-13-20(5)33(32-27)16-24-14-25(29)11-12-26(24)35-17-19(3)4;/h7-14,18-19,21,30H,15-17H2,1-6H3,(H,31,32,34);1H. The Morgan fingerprint density at radius 3 is 2.36 bits per heavy atom. The maximum Gasteiger partial charge on any atom is 0.256 e. The van der Waals surface area contributed by atoms with Crippen molar-refractivity contribution in [1.29, 1.82) is 0 Å². The third-order valence-electron chi connectivity index (χ3n) is 5.64. The van der Waals surface area contributed by atoms with Crippen LogP contribution in [0.3, 0.4) is 0 Å². The number of halogens is 2. The maximum absolute atomic E-state index is 12.8. The van der Waals surface area contributed by atoms with E-state index in [1.54, 1.807) is 0 Å². The van der Waals surface area contributed by atoms with Gasteiger partial charge in [-0.1, -0.05) is 51.4 Å². The molecule has 0 aliphatic carbocycles. The summed E-state index contributed by atoms with van der Waals surface area (Å²) < 4.78 is 7.82. The van der Waals surface area contributed by atoms with E-state index in [0.29, 0.717) is 41.4 Å². The van der Waals surface area contributed by atoms with E-state index >= 15 is 0 Å². The normalized spacial score (nSPS) is 11.9. The fraction of sp³-hybridized carbons (Fsp3) is 0.429. The summed E-state index contributed by atoms with van der Waals surface area (Å²) in [5.74, 6) is 2.12. The van der Waals surface area contributed by atoms with Gasteiger partial charge in [-0.05, 0) is 68.1 Å². The van der Waals surface area contributed by atoms with E-state index in [0.717, 1.165) is 29.1 Å². The highest BCUT2D eigenvalue weighted by molar-refractivity contribution is 6.30. The molecule has 36 heavy (non-hydrogen) atoms. The van der Waals surface area contributed by atoms with Gasteiger partial charge in [0.15, 0.2) is 5.82 Å². The monoisotopic (exact) mass is 532 g/mol. The fourth-order valence-electron chi connectivity index (χ4n) is 3.60. The molecule has 0 fully saturated rings. The zero-order chi connectivity index (χ0) is 25.5. The molecule has 2 aromatic carbocycles. The molecule has 0 aliphatic heterocycles. The number of benzene rings is 2. The maximum atomic E-state index is 12.8. The molecular weight excluding hydrogens is 495 g/mol. The second kappa shape index (κ2) is 13.7. The van der Waals surface area contributed by atoms with Gasteiger partial charge in [0.2, 0.25) is 0 Å². The number of hydrogen-bond acceptors (Lipinski definition) is 4. The first-order valence-corrected chi connectivity index (χ1v) is 12.6. The van der Waals surface area contributed by atoms with Crippen LogP contribution in [0.25, 0.3) is 0 Å². The summed E-state index contributed by atoms with van der Waals surface area (Å²) in [5, 5.41) is 11.7. The molecule has 0 bridgehead atoms. The molecule has 196 valence electrons. The third-order valence-corrected chi connectivity index (χ3v) is 5.88. The van der Waals surface area contributed by atoms with E-state index in [2.05, 4.69) is 50.4 Å². The summed E-state index contributed by atoms with van der Waals surface area (Å²) in [4.78, 5) is 12.8. The van der Waals surface area contributed by atoms with Gasteiger partial charge in [-0.3, -0.25) is 9.48 Å². The van der Waals surface area contributed by atoms with Crippen molar-refractivity contribution in [1.82, 2.24) is 15.1 Å². The minimum Gasteiger partial charge on any atom is -0.493 e. The number of hydrogen-bond donors (Lipinski definition) is 2. The Morgan fingerprint density at radius 1 is 1.03 bits per heavy atom. The first-order chi connectivity index (χ1) is 16.6. The average Bonchev–Trinajstić information content (AvgIpc) is 3.15. The smallest absolute Gasteiger partial charge is 0.256 e. The van der Waals surface area contributed by atoms with Gasteiger partial charge >= 0.3 is 0 Å². The Morgan fingerprint density at radius 2 is 1.72 bits per heavy atom. The Labute approximate surface area is 226 Å². The molecule has 1 aromatic heterocycles. The molecule has 1 heterocycles. The molecule has 3 aromatic rings. The predicted octanol–water partition coefficient (Wildman–Crippen LogP) is 6.91. The lowest BCUT2D eigenvalue weighted by atomic mass is 10.1. The van der Waals surface area contributed by atoms with Gasteiger partial charge in [0.05, 0.1) is 13.2 Å². The van der Waals surface area contributed by atoms with Gasteiger partial charge in [-0.15, -0.1) is 12.4 Å². The van der Waals surface area contributed by atoms with E-state index in [1.165, 1.54) is 0 Å². The quantitative estimate of drug-likeness (QED) is 0.281. The lowest BCUT2D eigenvalue weighted by molar-refractivity contribution is 0.102. The number of aromatic nitrogens is 2. The summed E-state index contributed by atoms with van der Waals surface area (Å²) in [5.41, 5.74) is 3.61. The number of nitrogens with zero attached hydrogens (tertiary/aromatic N) is 2. The fourth-order valence-corrected chi connectivity index (χ4v) is 3.80. The average molecular weight is 534 g/mol. The van der Waals surface area contributed by atoms with E-state index in [9.17, 15) is 4.79 Å². The SMILES string of the molecule is Cc1cc(NC(=O)c2ccc(C(C)NCC(C)C)cc2)nn1Cc1cc(Cl)ccc1OCC(C)C.Cl. The van der Waals surface area contributed by atoms with Crippen LogP contribution in [0.2, 0.25) is 5.02 Å². The first kappa shape index (κ1) is 29.7. The molecule has 6 nitrogen and oxygen atoms in total. The van der Waals surface area contributed by atoms with Gasteiger partial charge in [0.25, 0.3) is 5.91 Å².